The van der Waals surface area contributed by atoms with E-state index < -0.39 is 10.9 Å². The third-order valence-corrected chi connectivity index (χ3v) is 7.52. The highest BCUT2D eigenvalue weighted by Crippen LogP contribution is 2.40. The zero-order valence-corrected chi connectivity index (χ0v) is 26.0. The molecule has 1 atom stereocenters. The number of hydrogen-bond acceptors (Lipinski definition) is 6. The summed E-state index contributed by atoms with van der Waals surface area (Å²) in [5.74, 6) is 1.14. The average molecular weight is 576 g/mol. The summed E-state index contributed by atoms with van der Waals surface area (Å²) >= 11 is 0. The van der Waals surface area contributed by atoms with Crippen LogP contribution in [-0.2, 0) is 11.2 Å². The highest BCUT2D eigenvalue weighted by Gasteiger charge is 2.32. The molecule has 0 fully saturated rings. The molecule has 0 radical (unpaired) electrons. The number of non-ortho nitro benzene ring substituents is 1. The summed E-state index contributed by atoms with van der Waals surface area (Å²) in [5, 5.41) is 10.8. The molecular weight excluding hydrogens is 530 g/mol. The minimum atomic E-state index is -0.550. The number of nitrogens with zero attached hydrogens (tertiary/aromatic N) is 1. The van der Waals surface area contributed by atoms with E-state index in [0.717, 1.165) is 68.2 Å². The zero-order chi connectivity index (χ0) is 30.7. The van der Waals surface area contributed by atoms with Crippen LogP contribution in [0.2, 0.25) is 0 Å². The van der Waals surface area contributed by atoms with Crippen LogP contribution in [0.15, 0.2) is 71.3 Å². The fraction of sp³-hybridized carbons (Fsp3) is 0.457. The van der Waals surface area contributed by atoms with E-state index in [1.54, 1.807) is 0 Å². The second kappa shape index (κ2) is 15.4. The third kappa shape index (κ3) is 10.5. The SMILES string of the molecule is CC(C)=CCC/C(C)=C/CC/C(C)=C/CCC1(C)CCc2cc(OC(=O)COc3ccc([N+](=O)[O-])cc3)cc(C)c2O1. The van der Waals surface area contributed by atoms with E-state index in [1.165, 1.54) is 41.0 Å². The lowest BCUT2D eigenvalue weighted by molar-refractivity contribution is -0.384. The van der Waals surface area contributed by atoms with Crippen molar-refractivity contribution in [2.45, 2.75) is 98.5 Å². The van der Waals surface area contributed by atoms with Gasteiger partial charge in [0.2, 0.25) is 0 Å². The summed E-state index contributed by atoms with van der Waals surface area (Å²) in [6, 6.07) is 9.24. The Balaban J connectivity index is 1.47. The standard InChI is InChI=1S/C35H45NO6/c1-25(2)10-7-11-26(3)12-8-13-27(4)14-9-20-35(6)21-19-29-23-32(22-28(5)34(29)42-35)41-33(37)24-40-31-17-15-30(16-18-31)36(38)39/h10,12,14-18,22-23H,7-9,11,13,19-21,24H2,1-6H3/b26-12+,27-14+. The van der Waals surface area contributed by atoms with Gasteiger partial charge in [-0.25, -0.2) is 4.79 Å². The molecule has 1 unspecified atom stereocenters. The van der Waals surface area contributed by atoms with Crippen LogP contribution in [-0.4, -0.2) is 23.1 Å². The molecule has 7 nitrogen and oxygen atoms in total. The largest absolute Gasteiger partial charge is 0.487 e. The van der Waals surface area contributed by atoms with Crippen molar-refractivity contribution in [3.63, 3.8) is 0 Å². The number of aryl methyl sites for hydroxylation is 2. The van der Waals surface area contributed by atoms with Crippen LogP contribution in [0.4, 0.5) is 5.69 Å². The number of carbonyl (C=O) groups is 1. The second-order valence-electron chi connectivity index (χ2n) is 11.8. The average Bonchev–Trinajstić information content (AvgIpc) is 2.92. The van der Waals surface area contributed by atoms with Crippen LogP contribution in [0.1, 0.15) is 90.7 Å². The van der Waals surface area contributed by atoms with Crippen molar-refractivity contribution < 1.29 is 23.9 Å². The molecule has 1 aliphatic rings. The maximum absolute atomic E-state index is 12.4. The van der Waals surface area contributed by atoms with E-state index in [9.17, 15) is 14.9 Å². The molecule has 0 aromatic heterocycles. The first kappa shape index (κ1) is 32.6. The van der Waals surface area contributed by atoms with Gasteiger partial charge in [0.15, 0.2) is 6.61 Å². The van der Waals surface area contributed by atoms with E-state index >= 15 is 0 Å². The molecule has 7 heteroatoms. The van der Waals surface area contributed by atoms with Gasteiger partial charge in [0.25, 0.3) is 5.69 Å². The Labute approximate surface area is 250 Å². The zero-order valence-electron chi connectivity index (χ0n) is 26.0. The number of allylic oxidation sites excluding steroid dienone is 6. The Morgan fingerprint density at radius 3 is 2.26 bits per heavy atom. The van der Waals surface area contributed by atoms with Gasteiger partial charge in [-0.2, -0.15) is 0 Å². The van der Waals surface area contributed by atoms with Gasteiger partial charge in [-0.05, 0) is 128 Å². The Morgan fingerprint density at radius 2 is 1.62 bits per heavy atom. The molecule has 0 amide bonds. The predicted molar refractivity (Wildman–Crippen MR) is 167 cm³/mol. The Morgan fingerprint density at radius 1 is 0.976 bits per heavy atom. The van der Waals surface area contributed by atoms with Crippen molar-refractivity contribution in [2.24, 2.45) is 0 Å². The van der Waals surface area contributed by atoms with Crippen molar-refractivity contribution in [1.82, 2.24) is 0 Å². The number of hydrogen-bond donors (Lipinski definition) is 0. The third-order valence-electron chi connectivity index (χ3n) is 7.52. The van der Waals surface area contributed by atoms with E-state index in [1.807, 2.05) is 19.1 Å². The first-order valence-electron chi connectivity index (χ1n) is 14.8. The summed E-state index contributed by atoms with van der Waals surface area (Å²) in [6.45, 7) is 12.6. The monoisotopic (exact) mass is 575 g/mol. The van der Waals surface area contributed by atoms with Gasteiger partial charge in [0, 0.05) is 12.1 Å². The van der Waals surface area contributed by atoms with Crippen LogP contribution in [0.3, 0.4) is 0 Å². The number of benzene rings is 2. The Bertz CT molecular complexity index is 1330. The molecule has 0 saturated carbocycles. The second-order valence-corrected chi connectivity index (χ2v) is 11.8. The van der Waals surface area contributed by atoms with Gasteiger partial charge in [0.1, 0.15) is 22.8 Å². The van der Waals surface area contributed by atoms with Gasteiger partial charge >= 0.3 is 5.97 Å². The van der Waals surface area contributed by atoms with Gasteiger partial charge in [-0.3, -0.25) is 10.1 Å². The van der Waals surface area contributed by atoms with Crippen molar-refractivity contribution in [3.05, 3.63) is 92.6 Å². The molecule has 0 aliphatic carbocycles. The van der Waals surface area contributed by atoms with E-state index in [4.69, 9.17) is 14.2 Å². The quantitative estimate of drug-likeness (QED) is 0.0734. The summed E-state index contributed by atoms with van der Waals surface area (Å²) in [5.41, 5.74) is 5.94. The Hall–Kier alpha value is -3.87. The summed E-state index contributed by atoms with van der Waals surface area (Å²) < 4.78 is 17.5. The number of rotatable bonds is 14. The summed E-state index contributed by atoms with van der Waals surface area (Å²) in [6.07, 6.45) is 15.1. The van der Waals surface area contributed by atoms with Gasteiger partial charge in [-0.15, -0.1) is 0 Å². The molecule has 226 valence electrons. The maximum atomic E-state index is 12.4. The number of fused-ring (bicyclic) bond motifs is 1. The van der Waals surface area contributed by atoms with E-state index in [0.29, 0.717) is 11.5 Å². The minimum absolute atomic E-state index is 0.0424. The molecular formula is C35H45NO6. The number of nitro groups is 1. The number of carbonyl (C=O) groups excluding carboxylic acids is 1. The van der Waals surface area contributed by atoms with Crippen LogP contribution >= 0.6 is 0 Å². The molecule has 2 aromatic rings. The smallest absolute Gasteiger partial charge is 0.349 e. The van der Waals surface area contributed by atoms with Crippen molar-refractivity contribution in [1.29, 1.82) is 0 Å². The molecule has 3 rings (SSSR count). The van der Waals surface area contributed by atoms with Crippen LogP contribution in [0.25, 0.3) is 0 Å². The number of esters is 1. The number of nitro benzene ring substituents is 1. The first-order chi connectivity index (χ1) is 19.9. The molecule has 1 heterocycles. The first-order valence-corrected chi connectivity index (χ1v) is 14.8. The fourth-order valence-corrected chi connectivity index (χ4v) is 5.00. The maximum Gasteiger partial charge on any atom is 0.349 e. The van der Waals surface area contributed by atoms with E-state index in [2.05, 4.69) is 52.8 Å². The van der Waals surface area contributed by atoms with Crippen molar-refractivity contribution >= 4 is 11.7 Å². The van der Waals surface area contributed by atoms with Crippen LogP contribution in [0, 0.1) is 17.0 Å². The van der Waals surface area contributed by atoms with Crippen LogP contribution in [0.5, 0.6) is 17.2 Å². The van der Waals surface area contributed by atoms with Crippen molar-refractivity contribution in [3.8, 4) is 17.2 Å². The lowest BCUT2D eigenvalue weighted by Crippen LogP contribution is -2.36. The molecule has 1 aliphatic heterocycles. The van der Waals surface area contributed by atoms with E-state index in [-0.39, 0.29) is 17.9 Å². The lowest BCUT2D eigenvalue weighted by Gasteiger charge is -2.37. The molecule has 42 heavy (non-hydrogen) atoms. The topological polar surface area (TPSA) is 87.9 Å². The Kier molecular flexibility index (Phi) is 12.0. The van der Waals surface area contributed by atoms with Crippen LogP contribution < -0.4 is 14.2 Å². The minimum Gasteiger partial charge on any atom is -0.487 e. The summed E-state index contributed by atoms with van der Waals surface area (Å²) in [4.78, 5) is 22.7. The molecule has 2 aromatic carbocycles. The molecule has 0 N–H and O–H groups in total. The molecule has 0 saturated heterocycles. The van der Waals surface area contributed by atoms with Gasteiger partial charge in [0.05, 0.1) is 4.92 Å². The molecule has 0 bridgehead atoms. The van der Waals surface area contributed by atoms with Gasteiger partial charge in [-0.1, -0.05) is 34.9 Å². The summed E-state index contributed by atoms with van der Waals surface area (Å²) in [7, 11) is 0. The highest BCUT2D eigenvalue weighted by molar-refractivity contribution is 5.74. The molecule has 0 spiro atoms. The lowest BCUT2D eigenvalue weighted by atomic mass is 9.87. The predicted octanol–water partition coefficient (Wildman–Crippen LogP) is 9.17. The fourth-order valence-electron chi connectivity index (χ4n) is 5.00. The van der Waals surface area contributed by atoms with Gasteiger partial charge < -0.3 is 14.2 Å². The number of ether oxygens (including phenoxy) is 3. The highest BCUT2D eigenvalue weighted by atomic mass is 16.6. The van der Waals surface area contributed by atoms with Crippen molar-refractivity contribution in [2.75, 3.05) is 6.61 Å². The normalized spacial score (nSPS) is 16.7.